The summed E-state index contributed by atoms with van der Waals surface area (Å²) in [7, 11) is 0. The van der Waals surface area contributed by atoms with Crippen LogP contribution in [0.5, 0.6) is 0 Å². The maximum atomic E-state index is 10.3. The van der Waals surface area contributed by atoms with Gasteiger partial charge in [0, 0.05) is 0 Å². The van der Waals surface area contributed by atoms with Crippen LogP contribution in [0.3, 0.4) is 0 Å². The molecule has 1 atom stereocenters. The summed E-state index contributed by atoms with van der Waals surface area (Å²) in [4.78, 5) is 0. The highest BCUT2D eigenvalue weighted by Gasteiger charge is 2.53. The lowest BCUT2D eigenvalue weighted by Crippen LogP contribution is -2.52. The Hall–Kier alpha value is -0.0800. The predicted octanol–water partition coefficient (Wildman–Crippen LogP) is 1.91. The van der Waals surface area contributed by atoms with Crippen molar-refractivity contribution in [1.29, 1.82) is 0 Å². The largest absolute Gasteiger partial charge is 0.393 e. The molecule has 0 saturated heterocycles. The molecule has 15 heavy (non-hydrogen) atoms. The Bertz CT molecular complexity index is 216. The second-order valence-electron chi connectivity index (χ2n) is 6.37. The fraction of sp³-hybridized carbons (Fsp3) is 1.00. The number of nitrogens with two attached hydrogens (primary N) is 1. The van der Waals surface area contributed by atoms with Crippen molar-refractivity contribution in [3.8, 4) is 0 Å². The molecule has 2 nitrogen and oxygen atoms in total. The third kappa shape index (κ3) is 1.53. The Labute approximate surface area is 92.2 Å². The molecule has 3 N–H and O–H groups in total. The highest BCUT2D eigenvalue weighted by atomic mass is 16.3. The lowest BCUT2D eigenvalue weighted by atomic mass is 9.48. The number of hydrogen-bond donors (Lipinski definition) is 2. The van der Waals surface area contributed by atoms with E-state index in [0.29, 0.717) is 6.54 Å². The van der Waals surface area contributed by atoms with E-state index in [1.54, 1.807) is 0 Å². The van der Waals surface area contributed by atoms with Crippen molar-refractivity contribution in [1.82, 2.24) is 0 Å². The van der Waals surface area contributed by atoms with Crippen LogP contribution in [-0.4, -0.2) is 17.8 Å². The monoisotopic (exact) mass is 209 g/mol. The van der Waals surface area contributed by atoms with Gasteiger partial charge in [-0.2, -0.15) is 0 Å². The second-order valence-corrected chi connectivity index (χ2v) is 6.37. The van der Waals surface area contributed by atoms with Gasteiger partial charge in [0.25, 0.3) is 0 Å². The molecule has 0 aliphatic heterocycles. The first kappa shape index (κ1) is 10.1. The molecule has 0 aromatic heterocycles. The minimum absolute atomic E-state index is 0.115. The molecule has 2 heteroatoms. The number of hydrogen-bond acceptors (Lipinski definition) is 2. The first-order chi connectivity index (χ1) is 7.22. The van der Waals surface area contributed by atoms with E-state index in [-0.39, 0.29) is 11.5 Å². The molecule has 4 aliphatic carbocycles. The van der Waals surface area contributed by atoms with E-state index in [1.807, 2.05) is 0 Å². The molecule has 4 saturated carbocycles. The summed E-state index contributed by atoms with van der Waals surface area (Å²) < 4.78 is 0. The summed E-state index contributed by atoms with van der Waals surface area (Å²) in [6.07, 6.45) is 8.93. The zero-order valence-corrected chi connectivity index (χ0v) is 9.49. The number of aliphatic hydroxyl groups excluding tert-OH is 1. The summed E-state index contributed by atoms with van der Waals surface area (Å²) in [5.74, 6) is 2.80. The van der Waals surface area contributed by atoms with E-state index in [2.05, 4.69) is 0 Å². The molecule has 4 fully saturated rings. The molecule has 0 unspecified atom stereocenters. The molecular weight excluding hydrogens is 186 g/mol. The summed E-state index contributed by atoms with van der Waals surface area (Å²) in [5, 5.41) is 10.3. The molecule has 0 heterocycles. The smallest absolute Gasteiger partial charge is 0.0608 e. The molecule has 4 bridgehead atoms. The van der Waals surface area contributed by atoms with Crippen LogP contribution in [0.2, 0.25) is 0 Å². The molecular formula is C13H23NO. The van der Waals surface area contributed by atoms with Gasteiger partial charge in [-0.1, -0.05) is 0 Å². The van der Waals surface area contributed by atoms with Crippen molar-refractivity contribution in [2.45, 2.75) is 51.0 Å². The molecule has 86 valence electrons. The lowest BCUT2D eigenvalue weighted by Gasteiger charge is -2.58. The molecule has 0 aromatic carbocycles. The van der Waals surface area contributed by atoms with Crippen molar-refractivity contribution in [3.63, 3.8) is 0 Å². The Balaban J connectivity index is 1.80. The average Bonchev–Trinajstić information content (AvgIpc) is 2.15. The van der Waals surface area contributed by atoms with Gasteiger partial charge in [-0.05, 0) is 74.7 Å². The third-order valence-corrected chi connectivity index (χ3v) is 5.23. The highest BCUT2D eigenvalue weighted by Crippen LogP contribution is 2.61. The fourth-order valence-electron chi connectivity index (χ4n) is 5.05. The maximum absolute atomic E-state index is 10.3. The van der Waals surface area contributed by atoms with Gasteiger partial charge in [-0.25, -0.2) is 0 Å². The summed E-state index contributed by atoms with van der Waals surface area (Å²) in [6, 6.07) is 0. The van der Waals surface area contributed by atoms with Gasteiger partial charge >= 0.3 is 0 Å². The average molecular weight is 209 g/mol. The Morgan fingerprint density at radius 2 is 1.53 bits per heavy atom. The first-order valence-corrected chi connectivity index (χ1v) is 6.60. The van der Waals surface area contributed by atoms with Gasteiger partial charge in [-0.3, -0.25) is 0 Å². The van der Waals surface area contributed by atoms with E-state index >= 15 is 0 Å². The lowest BCUT2D eigenvalue weighted by molar-refractivity contribution is -0.121. The molecule has 4 aliphatic rings. The van der Waals surface area contributed by atoms with Crippen molar-refractivity contribution < 1.29 is 5.11 Å². The number of aliphatic hydroxyl groups is 1. The quantitative estimate of drug-likeness (QED) is 0.746. The van der Waals surface area contributed by atoms with Crippen LogP contribution in [0.1, 0.15) is 44.9 Å². The van der Waals surface area contributed by atoms with Gasteiger partial charge in [0.1, 0.15) is 0 Å². The second kappa shape index (κ2) is 3.46. The van der Waals surface area contributed by atoms with Crippen molar-refractivity contribution >= 4 is 0 Å². The number of rotatable bonds is 3. The van der Waals surface area contributed by atoms with Crippen LogP contribution < -0.4 is 5.73 Å². The third-order valence-electron chi connectivity index (χ3n) is 5.23. The topological polar surface area (TPSA) is 46.2 Å². The normalized spacial score (nSPS) is 49.6. The SMILES string of the molecule is NCC[C@@H](O)C12CC3CC(CC(C3)C1)C2. The van der Waals surface area contributed by atoms with Gasteiger partial charge in [0.05, 0.1) is 6.10 Å². The minimum Gasteiger partial charge on any atom is -0.393 e. The van der Waals surface area contributed by atoms with E-state index in [9.17, 15) is 5.11 Å². The molecule has 0 aromatic rings. The Morgan fingerprint density at radius 1 is 1.07 bits per heavy atom. The van der Waals surface area contributed by atoms with E-state index in [1.165, 1.54) is 38.5 Å². The summed E-state index contributed by atoms with van der Waals surface area (Å²) in [6.45, 7) is 0.642. The zero-order valence-electron chi connectivity index (χ0n) is 9.49. The van der Waals surface area contributed by atoms with Crippen LogP contribution in [0.4, 0.5) is 0 Å². The van der Waals surface area contributed by atoms with Gasteiger partial charge in [0.15, 0.2) is 0 Å². The molecule has 0 spiro atoms. The van der Waals surface area contributed by atoms with Crippen molar-refractivity contribution in [2.24, 2.45) is 28.9 Å². The van der Waals surface area contributed by atoms with Gasteiger partial charge in [0.2, 0.25) is 0 Å². The van der Waals surface area contributed by atoms with Crippen molar-refractivity contribution in [3.05, 3.63) is 0 Å². The van der Waals surface area contributed by atoms with E-state index in [0.717, 1.165) is 24.2 Å². The Morgan fingerprint density at radius 3 is 1.93 bits per heavy atom. The van der Waals surface area contributed by atoms with Crippen LogP contribution in [0.25, 0.3) is 0 Å². The molecule has 4 rings (SSSR count). The van der Waals surface area contributed by atoms with Crippen LogP contribution in [-0.2, 0) is 0 Å². The molecule has 0 amide bonds. The zero-order chi connectivity index (χ0) is 10.5. The van der Waals surface area contributed by atoms with E-state index in [4.69, 9.17) is 5.73 Å². The van der Waals surface area contributed by atoms with Crippen LogP contribution in [0.15, 0.2) is 0 Å². The summed E-state index contributed by atoms with van der Waals surface area (Å²) in [5.41, 5.74) is 5.87. The standard InChI is InChI=1S/C13H23NO/c14-2-1-12(15)13-6-9-3-10(7-13)5-11(4-9)8-13/h9-12,15H,1-8,14H2/t9?,10?,11?,12-,13?/m1/s1. The maximum Gasteiger partial charge on any atom is 0.0608 e. The van der Waals surface area contributed by atoms with Gasteiger partial charge in [-0.15, -0.1) is 0 Å². The summed E-state index contributed by atoms with van der Waals surface area (Å²) >= 11 is 0. The van der Waals surface area contributed by atoms with Crippen LogP contribution in [0, 0.1) is 23.2 Å². The predicted molar refractivity (Wildman–Crippen MR) is 60.3 cm³/mol. The fourth-order valence-corrected chi connectivity index (χ4v) is 5.05. The van der Waals surface area contributed by atoms with Crippen LogP contribution >= 0.6 is 0 Å². The first-order valence-electron chi connectivity index (χ1n) is 6.60. The molecule has 0 radical (unpaired) electrons. The van der Waals surface area contributed by atoms with Gasteiger partial charge < -0.3 is 10.8 Å². The minimum atomic E-state index is -0.115. The highest BCUT2D eigenvalue weighted by molar-refractivity contribution is 5.04. The van der Waals surface area contributed by atoms with E-state index < -0.39 is 0 Å². The van der Waals surface area contributed by atoms with Crippen molar-refractivity contribution in [2.75, 3.05) is 6.54 Å². The Kier molecular flexibility index (Phi) is 2.33.